The van der Waals surface area contributed by atoms with Crippen LogP contribution in [-0.2, 0) is 22.5 Å². The van der Waals surface area contributed by atoms with E-state index in [0.29, 0.717) is 13.1 Å². The second-order valence-corrected chi connectivity index (χ2v) is 6.30. The predicted molar refractivity (Wildman–Crippen MR) is 80.2 cm³/mol. The van der Waals surface area contributed by atoms with Crippen LogP contribution < -0.4 is 5.73 Å². The summed E-state index contributed by atoms with van der Waals surface area (Å²) in [5.74, 6) is 0.113. The molecule has 1 aromatic carbocycles. The summed E-state index contributed by atoms with van der Waals surface area (Å²) in [6.07, 6.45) is 2.34. The van der Waals surface area contributed by atoms with Crippen molar-refractivity contribution in [2.24, 2.45) is 5.73 Å². The van der Waals surface area contributed by atoms with Gasteiger partial charge in [0.25, 0.3) is 5.91 Å². The number of amides is 1. The van der Waals surface area contributed by atoms with Crippen LogP contribution in [0.5, 0.6) is 0 Å². The lowest BCUT2D eigenvalue weighted by atomic mass is 9.99. The number of ether oxygens (including phenoxy) is 1. The smallest absolute Gasteiger partial charge is 0.252 e. The Morgan fingerprint density at radius 3 is 3.05 bits per heavy atom. The highest BCUT2D eigenvalue weighted by Crippen LogP contribution is 2.28. The van der Waals surface area contributed by atoms with Crippen LogP contribution in [0, 0.1) is 0 Å². The molecule has 0 aliphatic carbocycles. The number of benzene rings is 1. The minimum absolute atomic E-state index is 0.0489. The lowest BCUT2D eigenvalue weighted by Gasteiger charge is -2.31. The van der Waals surface area contributed by atoms with Gasteiger partial charge >= 0.3 is 0 Å². The lowest BCUT2D eigenvalue weighted by molar-refractivity contribution is -0.143. The van der Waals surface area contributed by atoms with Crippen molar-refractivity contribution in [2.75, 3.05) is 13.1 Å². The highest BCUT2D eigenvalue weighted by atomic mass is 79.9. The molecule has 0 saturated carbocycles. The molecule has 5 heteroatoms. The molecule has 108 valence electrons. The van der Waals surface area contributed by atoms with Gasteiger partial charge in [0, 0.05) is 24.1 Å². The van der Waals surface area contributed by atoms with Crippen molar-refractivity contribution < 1.29 is 9.53 Å². The Kier molecular flexibility index (Phi) is 4.10. The molecule has 2 heterocycles. The van der Waals surface area contributed by atoms with E-state index >= 15 is 0 Å². The molecular formula is C15H19BrN2O2. The van der Waals surface area contributed by atoms with Crippen molar-refractivity contribution in [1.82, 2.24) is 4.90 Å². The Balaban J connectivity index is 1.71. The molecule has 0 spiro atoms. The molecule has 0 radical (unpaired) electrons. The summed E-state index contributed by atoms with van der Waals surface area (Å²) in [6.45, 7) is 1.94. The summed E-state index contributed by atoms with van der Waals surface area (Å²) in [5.41, 5.74) is 8.15. The van der Waals surface area contributed by atoms with E-state index in [1.54, 1.807) is 0 Å². The first-order valence-corrected chi connectivity index (χ1v) is 7.89. The van der Waals surface area contributed by atoms with E-state index in [2.05, 4.69) is 22.0 Å². The zero-order valence-electron chi connectivity index (χ0n) is 11.3. The molecule has 1 fully saturated rings. The summed E-state index contributed by atoms with van der Waals surface area (Å²) in [6, 6.07) is 6.22. The largest absolute Gasteiger partial charge is 0.364 e. The second kappa shape index (κ2) is 5.84. The maximum atomic E-state index is 12.5. The number of rotatable bonds is 2. The van der Waals surface area contributed by atoms with Crippen LogP contribution in [0.2, 0.25) is 0 Å². The van der Waals surface area contributed by atoms with E-state index in [1.807, 2.05) is 17.0 Å². The number of fused-ring (bicyclic) bond motifs is 1. The van der Waals surface area contributed by atoms with E-state index in [1.165, 1.54) is 11.1 Å². The Labute approximate surface area is 127 Å². The molecule has 1 amide bonds. The highest BCUT2D eigenvalue weighted by molar-refractivity contribution is 9.10. The van der Waals surface area contributed by atoms with Gasteiger partial charge in [-0.1, -0.05) is 28.1 Å². The second-order valence-electron chi connectivity index (χ2n) is 5.45. The minimum atomic E-state index is -0.299. The van der Waals surface area contributed by atoms with Crippen molar-refractivity contribution in [2.45, 2.75) is 38.0 Å². The summed E-state index contributed by atoms with van der Waals surface area (Å²) in [5, 5.41) is 0. The number of hydrogen-bond acceptors (Lipinski definition) is 3. The molecular weight excluding hydrogens is 320 g/mol. The van der Waals surface area contributed by atoms with Crippen molar-refractivity contribution in [3.8, 4) is 0 Å². The van der Waals surface area contributed by atoms with Crippen molar-refractivity contribution in [1.29, 1.82) is 0 Å². The van der Waals surface area contributed by atoms with Crippen molar-refractivity contribution in [3.05, 3.63) is 33.8 Å². The molecule has 2 atom stereocenters. The molecule has 2 N–H and O–H groups in total. The van der Waals surface area contributed by atoms with Crippen LogP contribution in [0.3, 0.4) is 0 Å². The SMILES string of the molecule is NC[C@H]1CC[C@@H](C(=O)N2CCc3cccc(Br)c3C2)O1. The van der Waals surface area contributed by atoms with Gasteiger partial charge in [-0.25, -0.2) is 0 Å². The third-order valence-electron chi connectivity index (χ3n) is 4.17. The monoisotopic (exact) mass is 338 g/mol. The van der Waals surface area contributed by atoms with Crippen molar-refractivity contribution >= 4 is 21.8 Å². The number of nitrogens with two attached hydrogens (primary N) is 1. The van der Waals surface area contributed by atoms with Crippen LogP contribution in [-0.4, -0.2) is 36.1 Å². The van der Waals surface area contributed by atoms with E-state index in [0.717, 1.165) is 30.3 Å². The van der Waals surface area contributed by atoms with Crippen LogP contribution in [0.1, 0.15) is 24.0 Å². The standard InChI is InChI=1S/C15H19BrN2O2/c16-13-3-1-2-10-6-7-18(9-12(10)13)15(19)14-5-4-11(8-17)20-14/h1-3,11,14H,4-9,17H2/t11-,14+/m1/s1. The van der Waals surface area contributed by atoms with E-state index in [9.17, 15) is 4.79 Å². The number of hydrogen-bond donors (Lipinski definition) is 1. The molecule has 3 rings (SSSR count). The number of carbonyl (C=O) groups excluding carboxylic acids is 1. The average Bonchev–Trinajstić information content (AvgIpc) is 2.95. The fourth-order valence-corrected chi connectivity index (χ4v) is 3.53. The van der Waals surface area contributed by atoms with Gasteiger partial charge in [0.05, 0.1) is 6.10 Å². The molecule has 1 saturated heterocycles. The summed E-state index contributed by atoms with van der Waals surface area (Å²) in [4.78, 5) is 14.4. The Morgan fingerprint density at radius 1 is 1.45 bits per heavy atom. The molecule has 2 aliphatic rings. The van der Waals surface area contributed by atoms with Gasteiger partial charge in [-0.2, -0.15) is 0 Å². The van der Waals surface area contributed by atoms with Crippen molar-refractivity contribution in [3.63, 3.8) is 0 Å². The maximum Gasteiger partial charge on any atom is 0.252 e. The topological polar surface area (TPSA) is 55.6 Å². The normalized spacial score (nSPS) is 25.6. The first-order valence-electron chi connectivity index (χ1n) is 7.09. The number of nitrogens with zero attached hydrogens (tertiary/aromatic N) is 1. The average molecular weight is 339 g/mol. The van der Waals surface area contributed by atoms with Crippen LogP contribution in [0.4, 0.5) is 0 Å². The van der Waals surface area contributed by atoms with E-state index < -0.39 is 0 Å². The van der Waals surface area contributed by atoms with Gasteiger partial charge in [-0.3, -0.25) is 4.79 Å². The first kappa shape index (κ1) is 14.0. The number of carbonyl (C=O) groups is 1. The number of halogens is 1. The van der Waals surface area contributed by atoms with Crippen LogP contribution >= 0.6 is 15.9 Å². The Bertz CT molecular complexity index is 521. The Morgan fingerprint density at radius 2 is 2.30 bits per heavy atom. The maximum absolute atomic E-state index is 12.5. The third-order valence-corrected chi connectivity index (χ3v) is 4.92. The summed E-state index contributed by atoms with van der Waals surface area (Å²) < 4.78 is 6.80. The molecule has 20 heavy (non-hydrogen) atoms. The molecule has 1 aromatic rings. The molecule has 4 nitrogen and oxygen atoms in total. The molecule has 0 unspecified atom stereocenters. The Hall–Kier alpha value is -0.910. The van der Waals surface area contributed by atoms with Gasteiger partial charge in [-0.05, 0) is 36.5 Å². The van der Waals surface area contributed by atoms with Crippen LogP contribution in [0.15, 0.2) is 22.7 Å². The van der Waals surface area contributed by atoms with Gasteiger partial charge in [0.1, 0.15) is 6.10 Å². The predicted octanol–water partition coefficient (Wildman–Crippen LogP) is 1.84. The fraction of sp³-hybridized carbons (Fsp3) is 0.533. The zero-order valence-corrected chi connectivity index (χ0v) is 12.9. The quantitative estimate of drug-likeness (QED) is 0.895. The van der Waals surface area contributed by atoms with E-state index in [-0.39, 0.29) is 18.1 Å². The molecule has 0 aromatic heterocycles. The summed E-state index contributed by atoms with van der Waals surface area (Å²) in [7, 11) is 0. The van der Waals surface area contributed by atoms with E-state index in [4.69, 9.17) is 10.5 Å². The highest BCUT2D eigenvalue weighted by Gasteiger charge is 2.34. The minimum Gasteiger partial charge on any atom is -0.364 e. The molecule has 2 aliphatic heterocycles. The van der Waals surface area contributed by atoms with Gasteiger partial charge in [0.15, 0.2) is 0 Å². The van der Waals surface area contributed by atoms with Gasteiger partial charge in [0.2, 0.25) is 0 Å². The lowest BCUT2D eigenvalue weighted by Crippen LogP contribution is -2.42. The first-order chi connectivity index (χ1) is 9.69. The van der Waals surface area contributed by atoms with Gasteiger partial charge in [-0.15, -0.1) is 0 Å². The molecule has 0 bridgehead atoms. The van der Waals surface area contributed by atoms with Gasteiger partial charge < -0.3 is 15.4 Å². The third kappa shape index (κ3) is 2.62. The fourth-order valence-electron chi connectivity index (χ4n) is 2.99. The van der Waals surface area contributed by atoms with Crippen LogP contribution in [0.25, 0.3) is 0 Å². The summed E-state index contributed by atoms with van der Waals surface area (Å²) >= 11 is 3.58. The zero-order chi connectivity index (χ0) is 14.1.